The van der Waals surface area contributed by atoms with Crippen LogP contribution in [0.5, 0.6) is 11.5 Å². The van der Waals surface area contributed by atoms with Crippen LogP contribution in [0, 0.1) is 0 Å². The van der Waals surface area contributed by atoms with Crippen LogP contribution in [0.2, 0.25) is 5.02 Å². The van der Waals surface area contributed by atoms with Gasteiger partial charge < -0.3 is 9.47 Å². The van der Waals surface area contributed by atoms with E-state index in [2.05, 4.69) is 20.9 Å². The third kappa shape index (κ3) is 2.40. The van der Waals surface area contributed by atoms with Gasteiger partial charge in [-0.2, -0.15) is 0 Å². The molecule has 0 aliphatic carbocycles. The number of benzene rings is 1. The molecule has 0 spiro atoms. The highest BCUT2D eigenvalue weighted by molar-refractivity contribution is 9.10. The molecule has 0 radical (unpaired) electrons. The van der Waals surface area contributed by atoms with Crippen LogP contribution in [0.4, 0.5) is 0 Å². The third-order valence-electron chi connectivity index (χ3n) is 2.44. The average molecular weight is 331 g/mol. The lowest BCUT2D eigenvalue weighted by atomic mass is 10.2. The number of hydrogen-bond donors (Lipinski definition) is 0. The molecular formula is C13H13BrClNO2. The van der Waals surface area contributed by atoms with Crippen LogP contribution in [0.15, 0.2) is 22.8 Å². The van der Waals surface area contributed by atoms with Crippen molar-refractivity contribution >= 4 is 38.4 Å². The summed E-state index contributed by atoms with van der Waals surface area (Å²) >= 11 is 9.69. The fourth-order valence-corrected chi connectivity index (χ4v) is 2.27. The Labute approximate surface area is 119 Å². The standard InChI is InChI=1S/C13H13BrClNO2/c1-3-17-9-5-6-10(18-4-2)13-11(9)12(15)8(14)7-16-13/h5-7H,3-4H2,1-2H3. The number of rotatable bonds is 4. The second kappa shape index (κ2) is 5.76. The first-order chi connectivity index (χ1) is 8.69. The lowest BCUT2D eigenvalue weighted by Crippen LogP contribution is -1.98. The zero-order chi connectivity index (χ0) is 13.1. The first-order valence-electron chi connectivity index (χ1n) is 5.71. The fraction of sp³-hybridized carbons (Fsp3) is 0.308. The van der Waals surface area contributed by atoms with Crippen molar-refractivity contribution < 1.29 is 9.47 Å². The van der Waals surface area contributed by atoms with Crippen LogP contribution in [-0.4, -0.2) is 18.2 Å². The molecule has 2 rings (SSSR count). The van der Waals surface area contributed by atoms with E-state index in [1.54, 1.807) is 6.20 Å². The van der Waals surface area contributed by atoms with Gasteiger partial charge in [-0.25, -0.2) is 0 Å². The number of aromatic nitrogens is 1. The molecule has 0 saturated carbocycles. The van der Waals surface area contributed by atoms with Crippen LogP contribution in [-0.2, 0) is 0 Å². The molecule has 0 aliphatic heterocycles. The van der Waals surface area contributed by atoms with Gasteiger partial charge in [-0.05, 0) is 41.9 Å². The minimum atomic E-state index is 0.575. The predicted molar refractivity (Wildman–Crippen MR) is 76.8 cm³/mol. The first kappa shape index (κ1) is 13.4. The zero-order valence-corrected chi connectivity index (χ0v) is 12.5. The molecule has 5 heteroatoms. The van der Waals surface area contributed by atoms with E-state index in [0.29, 0.717) is 24.0 Å². The fourth-order valence-electron chi connectivity index (χ4n) is 1.74. The molecule has 0 atom stereocenters. The van der Waals surface area contributed by atoms with Gasteiger partial charge in [0.25, 0.3) is 0 Å². The second-order valence-electron chi connectivity index (χ2n) is 3.57. The Bertz CT molecular complexity index is 574. The Kier molecular flexibility index (Phi) is 4.30. The molecule has 0 saturated heterocycles. The summed E-state index contributed by atoms with van der Waals surface area (Å²) < 4.78 is 11.9. The van der Waals surface area contributed by atoms with Crippen molar-refractivity contribution in [2.24, 2.45) is 0 Å². The molecule has 96 valence electrons. The van der Waals surface area contributed by atoms with Gasteiger partial charge in [0.2, 0.25) is 0 Å². The van der Waals surface area contributed by atoms with Crippen LogP contribution < -0.4 is 9.47 Å². The van der Waals surface area contributed by atoms with Crippen molar-refractivity contribution in [2.45, 2.75) is 13.8 Å². The maximum absolute atomic E-state index is 6.32. The number of hydrogen-bond acceptors (Lipinski definition) is 3. The molecule has 3 nitrogen and oxygen atoms in total. The van der Waals surface area contributed by atoms with Crippen molar-refractivity contribution in [3.8, 4) is 11.5 Å². The Hall–Kier alpha value is -1.00. The Balaban J connectivity index is 2.73. The van der Waals surface area contributed by atoms with Gasteiger partial charge >= 0.3 is 0 Å². The lowest BCUT2D eigenvalue weighted by Gasteiger charge is -2.13. The van der Waals surface area contributed by atoms with E-state index in [1.165, 1.54) is 0 Å². The van der Waals surface area contributed by atoms with Crippen LogP contribution >= 0.6 is 27.5 Å². The summed E-state index contributed by atoms with van der Waals surface area (Å²) in [6, 6.07) is 3.71. The van der Waals surface area contributed by atoms with Crippen LogP contribution in [0.25, 0.3) is 10.9 Å². The maximum Gasteiger partial charge on any atom is 0.145 e. The zero-order valence-electron chi connectivity index (χ0n) is 10.2. The van der Waals surface area contributed by atoms with Gasteiger partial charge in [0.15, 0.2) is 0 Å². The molecule has 1 aromatic heterocycles. The molecule has 18 heavy (non-hydrogen) atoms. The monoisotopic (exact) mass is 329 g/mol. The average Bonchev–Trinajstić information content (AvgIpc) is 2.36. The van der Waals surface area contributed by atoms with Crippen molar-refractivity contribution in [1.29, 1.82) is 0 Å². The highest BCUT2D eigenvalue weighted by Gasteiger charge is 2.14. The third-order valence-corrected chi connectivity index (χ3v) is 3.66. The summed E-state index contributed by atoms with van der Waals surface area (Å²) in [6.07, 6.45) is 1.67. The SMILES string of the molecule is CCOc1ccc(OCC)c2c(Cl)c(Br)cnc12. The number of fused-ring (bicyclic) bond motifs is 1. The molecule has 0 N–H and O–H groups in total. The molecule has 2 aromatic rings. The molecular weight excluding hydrogens is 318 g/mol. The predicted octanol–water partition coefficient (Wildman–Crippen LogP) is 4.45. The number of ether oxygens (including phenoxy) is 2. The first-order valence-corrected chi connectivity index (χ1v) is 6.88. The van der Waals surface area contributed by atoms with E-state index in [4.69, 9.17) is 21.1 Å². The van der Waals surface area contributed by atoms with E-state index in [9.17, 15) is 0 Å². The van der Waals surface area contributed by atoms with Crippen LogP contribution in [0.1, 0.15) is 13.8 Å². The smallest absolute Gasteiger partial charge is 0.145 e. The highest BCUT2D eigenvalue weighted by atomic mass is 79.9. The van der Waals surface area contributed by atoms with Crippen molar-refractivity contribution in [3.63, 3.8) is 0 Å². The van der Waals surface area contributed by atoms with Crippen LogP contribution in [0.3, 0.4) is 0 Å². The van der Waals surface area contributed by atoms with Gasteiger partial charge in [-0.15, -0.1) is 0 Å². The number of nitrogens with zero attached hydrogens (tertiary/aromatic N) is 1. The largest absolute Gasteiger partial charge is 0.493 e. The molecule has 0 fully saturated rings. The van der Waals surface area contributed by atoms with Gasteiger partial charge in [0, 0.05) is 6.20 Å². The number of pyridine rings is 1. The molecule has 0 unspecified atom stereocenters. The van der Waals surface area contributed by atoms with Gasteiger partial charge in [0.1, 0.15) is 17.0 Å². The molecule has 0 amide bonds. The van der Waals surface area contributed by atoms with E-state index in [-0.39, 0.29) is 0 Å². The molecule has 0 aliphatic rings. The highest BCUT2D eigenvalue weighted by Crippen LogP contribution is 2.39. The van der Waals surface area contributed by atoms with E-state index < -0.39 is 0 Å². The summed E-state index contributed by atoms with van der Waals surface area (Å²) in [4.78, 5) is 4.37. The molecule has 1 heterocycles. The summed E-state index contributed by atoms with van der Waals surface area (Å²) in [5, 5.41) is 1.36. The summed E-state index contributed by atoms with van der Waals surface area (Å²) in [5.74, 6) is 1.43. The topological polar surface area (TPSA) is 31.4 Å². The maximum atomic E-state index is 6.32. The summed E-state index contributed by atoms with van der Waals surface area (Å²) in [6.45, 7) is 5.02. The lowest BCUT2D eigenvalue weighted by molar-refractivity contribution is 0.336. The Morgan fingerprint density at radius 3 is 2.44 bits per heavy atom. The molecule has 1 aromatic carbocycles. The molecule has 0 bridgehead atoms. The van der Waals surface area contributed by atoms with Gasteiger partial charge in [-0.3, -0.25) is 4.98 Å². The van der Waals surface area contributed by atoms with E-state index in [0.717, 1.165) is 21.1 Å². The normalized spacial score (nSPS) is 10.7. The Morgan fingerprint density at radius 2 is 1.78 bits per heavy atom. The second-order valence-corrected chi connectivity index (χ2v) is 4.80. The van der Waals surface area contributed by atoms with E-state index >= 15 is 0 Å². The van der Waals surface area contributed by atoms with Gasteiger partial charge in [-0.1, -0.05) is 11.6 Å². The quantitative estimate of drug-likeness (QED) is 0.830. The van der Waals surface area contributed by atoms with E-state index in [1.807, 2.05) is 26.0 Å². The number of halogens is 2. The minimum absolute atomic E-state index is 0.575. The van der Waals surface area contributed by atoms with Crippen molar-refractivity contribution in [2.75, 3.05) is 13.2 Å². The van der Waals surface area contributed by atoms with Crippen molar-refractivity contribution in [1.82, 2.24) is 4.98 Å². The minimum Gasteiger partial charge on any atom is -0.493 e. The van der Waals surface area contributed by atoms with Gasteiger partial charge in [0.05, 0.1) is 28.1 Å². The Morgan fingerprint density at radius 1 is 1.17 bits per heavy atom. The van der Waals surface area contributed by atoms with Crippen molar-refractivity contribution in [3.05, 3.63) is 27.8 Å². The summed E-state index contributed by atoms with van der Waals surface area (Å²) in [5.41, 5.74) is 0.719. The summed E-state index contributed by atoms with van der Waals surface area (Å²) in [7, 11) is 0.